The predicted octanol–water partition coefficient (Wildman–Crippen LogP) is 4.06. The van der Waals surface area contributed by atoms with Gasteiger partial charge in [0.25, 0.3) is 0 Å². The summed E-state index contributed by atoms with van der Waals surface area (Å²) >= 11 is 0. The molecular weight excluding hydrogens is 244 g/mol. The molecule has 18 heavy (non-hydrogen) atoms. The molecule has 0 aromatic heterocycles. The van der Waals surface area contributed by atoms with Crippen molar-refractivity contribution in [3.63, 3.8) is 0 Å². The Morgan fingerprint density at radius 2 is 1.56 bits per heavy atom. The molecule has 0 amide bonds. The highest BCUT2D eigenvalue weighted by atomic mass is 19.4. The van der Waals surface area contributed by atoms with Crippen LogP contribution in [0.2, 0.25) is 5.82 Å². The van der Waals surface area contributed by atoms with Crippen molar-refractivity contribution in [3.8, 4) is 0 Å². The van der Waals surface area contributed by atoms with E-state index in [1.54, 1.807) is 0 Å². The topological polar surface area (TPSA) is 18.5 Å². The SMILES string of the molecule is CCCCOB(OCCCC)[C@@H]1C[C@@H]1C(F)(F)F. The summed E-state index contributed by atoms with van der Waals surface area (Å²) in [6.45, 7) is 5.00. The number of alkyl halides is 3. The highest BCUT2D eigenvalue weighted by molar-refractivity contribution is 6.47. The van der Waals surface area contributed by atoms with Crippen molar-refractivity contribution in [2.24, 2.45) is 5.92 Å². The van der Waals surface area contributed by atoms with Gasteiger partial charge in [0.15, 0.2) is 0 Å². The highest BCUT2D eigenvalue weighted by Gasteiger charge is 2.61. The molecule has 6 heteroatoms. The van der Waals surface area contributed by atoms with Gasteiger partial charge in [-0.3, -0.25) is 0 Å². The lowest BCUT2D eigenvalue weighted by Crippen LogP contribution is -2.27. The van der Waals surface area contributed by atoms with Crippen molar-refractivity contribution in [1.82, 2.24) is 0 Å². The molecule has 1 aliphatic rings. The van der Waals surface area contributed by atoms with Crippen LogP contribution in [0.25, 0.3) is 0 Å². The number of hydrogen-bond acceptors (Lipinski definition) is 2. The van der Waals surface area contributed by atoms with Crippen molar-refractivity contribution in [2.45, 2.75) is 57.9 Å². The Hall–Kier alpha value is -0.225. The quantitative estimate of drug-likeness (QED) is 0.462. The maximum absolute atomic E-state index is 12.5. The van der Waals surface area contributed by atoms with Gasteiger partial charge in [-0.15, -0.1) is 0 Å². The second-order valence-electron chi connectivity index (χ2n) is 4.86. The molecule has 0 aromatic carbocycles. The minimum atomic E-state index is -4.11. The van der Waals surface area contributed by atoms with E-state index in [1.807, 2.05) is 13.8 Å². The Balaban J connectivity index is 2.35. The van der Waals surface area contributed by atoms with Crippen LogP contribution >= 0.6 is 0 Å². The van der Waals surface area contributed by atoms with Crippen LogP contribution in [0.4, 0.5) is 13.2 Å². The van der Waals surface area contributed by atoms with Gasteiger partial charge in [-0.05, 0) is 19.3 Å². The van der Waals surface area contributed by atoms with E-state index in [4.69, 9.17) is 9.31 Å². The molecule has 1 fully saturated rings. The Labute approximate surface area is 107 Å². The predicted molar refractivity (Wildman–Crippen MR) is 65.4 cm³/mol. The van der Waals surface area contributed by atoms with Crippen LogP contribution in [0.5, 0.6) is 0 Å². The fraction of sp³-hybridized carbons (Fsp3) is 1.00. The van der Waals surface area contributed by atoms with Gasteiger partial charge in [0.1, 0.15) is 0 Å². The van der Waals surface area contributed by atoms with Gasteiger partial charge in [-0.2, -0.15) is 13.2 Å². The van der Waals surface area contributed by atoms with E-state index in [0.29, 0.717) is 13.2 Å². The number of halogens is 3. The minimum Gasteiger partial charge on any atom is -0.411 e. The van der Waals surface area contributed by atoms with Crippen molar-refractivity contribution in [2.75, 3.05) is 13.2 Å². The molecule has 1 rings (SSSR count). The molecule has 0 spiro atoms. The lowest BCUT2D eigenvalue weighted by atomic mass is 9.80. The zero-order valence-corrected chi connectivity index (χ0v) is 11.1. The number of unbranched alkanes of at least 4 members (excludes halogenated alkanes) is 2. The van der Waals surface area contributed by atoms with E-state index < -0.39 is 25.0 Å². The van der Waals surface area contributed by atoms with Gasteiger partial charge in [0.05, 0.1) is 5.92 Å². The summed E-state index contributed by atoms with van der Waals surface area (Å²) in [5, 5.41) is 0. The summed E-state index contributed by atoms with van der Waals surface area (Å²) in [6.07, 6.45) is -0.310. The normalized spacial score (nSPS) is 23.2. The van der Waals surface area contributed by atoms with Gasteiger partial charge in [-0.1, -0.05) is 26.7 Å². The Morgan fingerprint density at radius 3 is 1.89 bits per heavy atom. The van der Waals surface area contributed by atoms with Crippen molar-refractivity contribution in [1.29, 1.82) is 0 Å². The molecule has 0 saturated heterocycles. The Kier molecular flexibility index (Phi) is 6.50. The molecule has 1 aliphatic carbocycles. The first-order valence-electron chi connectivity index (χ1n) is 6.80. The smallest absolute Gasteiger partial charge is 0.411 e. The van der Waals surface area contributed by atoms with Gasteiger partial charge < -0.3 is 9.31 Å². The molecule has 0 N–H and O–H groups in total. The first-order valence-corrected chi connectivity index (χ1v) is 6.80. The van der Waals surface area contributed by atoms with Gasteiger partial charge >= 0.3 is 13.3 Å². The van der Waals surface area contributed by atoms with E-state index in [1.165, 1.54) is 0 Å². The zero-order chi connectivity index (χ0) is 13.6. The fourth-order valence-electron chi connectivity index (χ4n) is 1.87. The third kappa shape index (κ3) is 5.18. The number of hydrogen-bond donors (Lipinski definition) is 0. The maximum atomic E-state index is 12.5. The first kappa shape index (κ1) is 15.8. The van der Waals surface area contributed by atoms with Crippen LogP contribution in [0.3, 0.4) is 0 Å². The molecule has 0 radical (unpaired) electrons. The Morgan fingerprint density at radius 1 is 1.06 bits per heavy atom. The second-order valence-corrected chi connectivity index (χ2v) is 4.86. The monoisotopic (exact) mass is 266 g/mol. The van der Waals surface area contributed by atoms with Gasteiger partial charge in [-0.25, -0.2) is 0 Å². The standard InChI is InChI=1S/C12H22BF3O2/c1-3-5-7-17-13(18-8-6-4-2)11-9-10(11)12(14,15)16/h10-11H,3-9H2,1-2H3/t10-,11+/m0/s1. The summed E-state index contributed by atoms with van der Waals surface area (Å²) in [5.74, 6) is -1.73. The highest BCUT2D eigenvalue weighted by Crippen LogP contribution is 2.56. The third-order valence-corrected chi connectivity index (χ3v) is 3.17. The van der Waals surface area contributed by atoms with E-state index in [-0.39, 0.29) is 6.42 Å². The van der Waals surface area contributed by atoms with E-state index >= 15 is 0 Å². The molecule has 0 aromatic rings. The summed E-state index contributed by atoms with van der Waals surface area (Å²) in [7, 11) is -0.672. The average Bonchev–Trinajstić information content (AvgIpc) is 3.07. The lowest BCUT2D eigenvalue weighted by Gasteiger charge is -2.15. The van der Waals surface area contributed by atoms with Crippen LogP contribution in [0.15, 0.2) is 0 Å². The molecule has 1 saturated carbocycles. The molecule has 0 aliphatic heterocycles. The molecule has 2 atom stereocenters. The van der Waals surface area contributed by atoms with Crippen LogP contribution in [-0.2, 0) is 9.31 Å². The maximum Gasteiger partial charge on any atom is 0.460 e. The summed E-state index contributed by atoms with van der Waals surface area (Å²) in [6, 6.07) is 0. The second kappa shape index (κ2) is 7.39. The van der Waals surface area contributed by atoms with Crippen molar-refractivity contribution >= 4 is 7.12 Å². The summed E-state index contributed by atoms with van der Waals surface area (Å²) < 4.78 is 48.5. The van der Waals surface area contributed by atoms with Crippen LogP contribution in [0.1, 0.15) is 46.0 Å². The molecule has 2 nitrogen and oxygen atoms in total. The van der Waals surface area contributed by atoms with Crippen LogP contribution in [0, 0.1) is 5.92 Å². The summed E-state index contributed by atoms with van der Waals surface area (Å²) in [4.78, 5) is 0. The molecule has 106 valence electrons. The largest absolute Gasteiger partial charge is 0.460 e. The number of rotatable bonds is 9. The minimum absolute atomic E-state index is 0.145. The molecule has 0 bridgehead atoms. The van der Waals surface area contributed by atoms with Gasteiger partial charge in [0.2, 0.25) is 0 Å². The Bertz CT molecular complexity index is 226. The molecule has 0 heterocycles. The fourth-order valence-corrected chi connectivity index (χ4v) is 1.87. The van der Waals surface area contributed by atoms with Crippen molar-refractivity contribution in [3.05, 3.63) is 0 Å². The zero-order valence-electron chi connectivity index (χ0n) is 11.1. The van der Waals surface area contributed by atoms with Crippen LogP contribution < -0.4 is 0 Å². The van der Waals surface area contributed by atoms with Crippen LogP contribution in [-0.4, -0.2) is 26.5 Å². The average molecular weight is 266 g/mol. The summed E-state index contributed by atoms with van der Waals surface area (Å²) in [5.41, 5.74) is 0. The van der Waals surface area contributed by atoms with Gasteiger partial charge in [0, 0.05) is 19.0 Å². The van der Waals surface area contributed by atoms with E-state index in [0.717, 1.165) is 25.7 Å². The van der Waals surface area contributed by atoms with E-state index in [2.05, 4.69) is 0 Å². The lowest BCUT2D eigenvalue weighted by molar-refractivity contribution is -0.147. The molecule has 0 unspecified atom stereocenters. The van der Waals surface area contributed by atoms with E-state index in [9.17, 15) is 13.2 Å². The van der Waals surface area contributed by atoms with Crippen molar-refractivity contribution < 1.29 is 22.5 Å². The third-order valence-electron chi connectivity index (χ3n) is 3.17. The first-order chi connectivity index (χ1) is 8.50. The molecular formula is C12H22BF3O2.